The van der Waals surface area contributed by atoms with E-state index in [1.807, 2.05) is 50.3 Å². The predicted molar refractivity (Wildman–Crippen MR) is 110 cm³/mol. The molecule has 0 atom stereocenters. The molecule has 130 valence electrons. The zero-order valence-electron chi connectivity index (χ0n) is 14.2. The van der Waals surface area contributed by atoms with E-state index in [1.165, 1.54) is 0 Å². The molecule has 0 saturated carbocycles. The lowest BCUT2D eigenvalue weighted by Gasteiger charge is -2.11. The Morgan fingerprint density at radius 1 is 0.962 bits per heavy atom. The number of halogens is 3. The van der Waals surface area contributed by atoms with Crippen molar-refractivity contribution in [3.8, 4) is 11.8 Å². The maximum atomic E-state index is 9.61. The molecule has 0 radical (unpaired) electrons. The molecule has 1 heterocycles. The highest BCUT2D eigenvalue weighted by molar-refractivity contribution is 6.42. The average Bonchev–Trinajstić information content (AvgIpc) is 2.89. The molecule has 0 amide bonds. The molecule has 0 aliphatic heterocycles. The Kier molecular flexibility index (Phi) is 5.44. The number of allylic oxidation sites excluding steroid dienone is 1. The summed E-state index contributed by atoms with van der Waals surface area (Å²) in [6.07, 6.45) is 1.86. The van der Waals surface area contributed by atoms with Crippen LogP contribution < -0.4 is 0 Å². The van der Waals surface area contributed by atoms with Crippen molar-refractivity contribution in [1.82, 2.24) is 4.57 Å². The smallest absolute Gasteiger partial charge is 0.0998 e. The number of aromatic nitrogens is 1. The van der Waals surface area contributed by atoms with E-state index in [2.05, 4.69) is 10.6 Å². The molecule has 2 nitrogen and oxygen atoms in total. The van der Waals surface area contributed by atoms with E-state index in [-0.39, 0.29) is 0 Å². The molecule has 0 aliphatic carbocycles. The Balaban J connectivity index is 2.11. The number of aryl methyl sites for hydroxylation is 1. The Labute approximate surface area is 167 Å². The fraction of sp³-hybridized carbons (Fsp3) is 0.0952. The van der Waals surface area contributed by atoms with E-state index in [0.717, 1.165) is 28.2 Å². The highest BCUT2D eigenvalue weighted by atomic mass is 35.5. The third-order valence-electron chi connectivity index (χ3n) is 4.21. The second-order valence-corrected chi connectivity index (χ2v) is 7.13. The summed E-state index contributed by atoms with van der Waals surface area (Å²) in [5.41, 5.74) is 5.14. The van der Waals surface area contributed by atoms with Gasteiger partial charge in [0.2, 0.25) is 0 Å². The van der Waals surface area contributed by atoms with Crippen molar-refractivity contribution in [2.45, 2.75) is 13.8 Å². The van der Waals surface area contributed by atoms with Crippen LogP contribution in [0.4, 0.5) is 0 Å². The van der Waals surface area contributed by atoms with E-state index in [4.69, 9.17) is 34.8 Å². The molecule has 1 aromatic heterocycles. The van der Waals surface area contributed by atoms with Gasteiger partial charge >= 0.3 is 0 Å². The molecular formula is C21H15Cl3N2. The monoisotopic (exact) mass is 400 g/mol. The first kappa shape index (κ1) is 18.6. The van der Waals surface area contributed by atoms with E-state index in [9.17, 15) is 5.26 Å². The zero-order chi connectivity index (χ0) is 18.8. The minimum absolute atomic E-state index is 0.423. The van der Waals surface area contributed by atoms with Gasteiger partial charge in [-0.15, -0.1) is 0 Å². The number of rotatable bonds is 3. The van der Waals surface area contributed by atoms with Gasteiger partial charge in [-0.3, -0.25) is 0 Å². The Morgan fingerprint density at radius 2 is 1.69 bits per heavy atom. The van der Waals surface area contributed by atoms with Crippen molar-refractivity contribution in [2.24, 2.45) is 0 Å². The van der Waals surface area contributed by atoms with Gasteiger partial charge in [-0.2, -0.15) is 5.26 Å². The number of hydrogen-bond donors (Lipinski definition) is 0. The van der Waals surface area contributed by atoms with Crippen LogP contribution in [-0.4, -0.2) is 4.57 Å². The molecule has 26 heavy (non-hydrogen) atoms. The molecule has 0 bridgehead atoms. The number of para-hydroxylation sites is 1. The maximum absolute atomic E-state index is 9.61. The molecule has 0 spiro atoms. The molecule has 3 rings (SSSR count). The first-order chi connectivity index (χ1) is 12.4. The molecular weight excluding hydrogens is 387 g/mol. The van der Waals surface area contributed by atoms with Gasteiger partial charge in [0.05, 0.1) is 32.4 Å². The second kappa shape index (κ2) is 7.60. The number of nitrogens with zero attached hydrogens (tertiary/aromatic N) is 2. The van der Waals surface area contributed by atoms with Crippen molar-refractivity contribution in [3.05, 3.63) is 86.1 Å². The van der Waals surface area contributed by atoms with Crippen molar-refractivity contribution < 1.29 is 0 Å². The normalized spacial score (nSPS) is 11.5. The SMILES string of the molecule is Cc1cc(/C=C(/C#N)c2ccc(Cl)c(Cl)c2)c(C)n1-c1ccccc1Cl. The van der Waals surface area contributed by atoms with Gasteiger partial charge in [0.15, 0.2) is 0 Å². The van der Waals surface area contributed by atoms with E-state index in [0.29, 0.717) is 20.6 Å². The third kappa shape index (κ3) is 3.52. The van der Waals surface area contributed by atoms with Gasteiger partial charge in [-0.25, -0.2) is 0 Å². The molecule has 3 aromatic rings. The Bertz CT molecular complexity index is 1060. The van der Waals surface area contributed by atoms with Gasteiger partial charge in [-0.1, -0.05) is 53.0 Å². The summed E-state index contributed by atoms with van der Waals surface area (Å²) in [6.45, 7) is 4.02. The lowest BCUT2D eigenvalue weighted by Crippen LogP contribution is -1.99. The largest absolute Gasteiger partial charge is 0.316 e. The summed E-state index contributed by atoms with van der Waals surface area (Å²) in [7, 11) is 0. The molecule has 0 aliphatic rings. The second-order valence-electron chi connectivity index (χ2n) is 5.91. The summed E-state index contributed by atoms with van der Waals surface area (Å²) in [6, 6.07) is 17.1. The van der Waals surface area contributed by atoms with Crippen LogP contribution in [0.5, 0.6) is 0 Å². The molecule has 0 unspecified atom stereocenters. The summed E-state index contributed by atoms with van der Waals surface area (Å²) >= 11 is 18.4. The quantitative estimate of drug-likeness (QED) is 0.429. The van der Waals surface area contributed by atoms with Crippen LogP contribution in [-0.2, 0) is 0 Å². The summed E-state index contributed by atoms with van der Waals surface area (Å²) < 4.78 is 2.08. The number of benzene rings is 2. The first-order valence-electron chi connectivity index (χ1n) is 7.93. The molecule has 0 N–H and O–H groups in total. The van der Waals surface area contributed by atoms with Crippen LogP contribution in [0.15, 0.2) is 48.5 Å². The maximum Gasteiger partial charge on any atom is 0.0998 e. The summed E-state index contributed by atoms with van der Waals surface area (Å²) in [5, 5.41) is 11.2. The molecule has 5 heteroatoms. The van der Waals surface area contributed by atoms with E-state index >= 15 is 0 Å². The Hall–Kier alpha value is -2.18. The van der Waals surface area contributed by atoms with Crippen LogP contribution in [0.3, 0.4) is 0 Å². The molecule has 0 fully saturated rings. The van der Waals surface area contributed by atoms with Gasteiger partial charge in [0.25, 0.3) is 0 Å². The minimum Gasteiger partial charge on any atom is -0.316 e. The van der Waals surface area contributed by atoms with Crippen LogP contribution in [0, 0.1) is 25.2 Å². The van der Waals surface area contributed by atoms with Crippen LogP contribution in [0.2, 0.25) is 15.1 Å². The van der Waals surface area contributed by atoms with Crippen molar-refractivity contribution in [2.75, 3.05) is 0 Å². The lowest BCUT2D eigenvalue weighted by atomic mass is 10.0. The minimum atomic E-state index is 0.423. The number of nitriles is 1. The lowest BCUT2D eigenvalue weighted by molar-refractivity contribution is 0.965. The first-order valence-corrected chi connectivity index (χ1v) is 9.07. The fourth-order valence-corrected chi connectivity index (χ4v) is 3.46. The molecule has 2 aromatic carbocycles. The highest BCUT2D eigenvalue weighted by Crippen LogP contribution is 2.30. The highest BCUT2D eigenvalue weighted by Gasteiger charge is 2.13. The third-order valence-corrected chi connectivity index (χ3v) is 5.27. The van der Waals surface area contributed by atoms with E-state index in [1.54, 1.807) is 18.2 Å². The van der Waals surface area contributed by atoms with Crippen molar-refractivity contribution in [1.29, 1.82) is 5.26 Å². The van der Waals surface area contributed by atoms with E-state index < -0.39 is 0 Å². The van der Waals surface area contributed by atoms with Gasteiger partial charge in [-0.05, 0) is 61.4 Å². The molecule has 0 saturated heterocycles. The van der Waals surface area contributed by atoms with Crippen molar-refractivity contribution in [3.63, 3.8) is 0 Å². The van der Waals surface area contributed by atoms with Gasteiger partial charge in [0, 0.05) is 11.4 Å². The summed E-state index contributed by atoms with van der Waals surface area (Å²) in [4.78, 5) is 0. The van der Waals surface area contributed by atoms with Crippen LogP contribution >= 0.6 is 34.8 Å². The standard InChI is InChI=1S/C21H15Cl3N2/c1-13-9-16(14(2)26(13)21-6-4-3-5-19(21)23)10-17(12-25)15-7-8-18(22)20(24)11-15/h3-11H,1-2H3/b17-10-. The summed E-state index contributed by atoms with van der Waals surface area (Å²) in [5.74, 6) is 0. The van der Waals surface area contributed by atoms with Crippen molar-refractivity contribution >= 4 is 46.5 Å². The zero-order valence-corrected chi connectivity index (χ0v) is 16.5. The topological polar surface area (TPSA) is 28.7 Å². The Morgan fingerprint density at radius 3 is 2.35 bits per heavy atom. The predicted octanol–water partition coefficient (Wildman–Crippen LogP) is 7.12. The fourth-order valence-electron chi connectivity index (χ4n) is 2.94. The van der Waals surface area contributed by atoms with Gasteiger partial charge in [0.1, 0.15) is 0 Å². The number of hydrogen-bond acceptors (Lipinski definition) is 1. The van der Waals surface area contributed by atoms with Crippen LogP contribution in [0.25, 0.3) is 17.3 Å². The van der Waals surface area contributed by atoms with Crippen LogP contribution in [0.1, 0.15) is 22.5 Å². The average molecular weight is 402 g/mol. The van der Waals surface area contributed by atoms with Gasteiger partial charge < -0.3 is 4.57 Å².